The molecule has 1 aromatic carbocycles. The van der Waals surface area contributed by atoms with E-state index in [4.69, 9.17) is 20.9 Å². The highest BCUT2D eigenvalue weighted by Gasteiger charge is 2.51. The summed E-state index contributed by atoms with van der Waals surface area (Å²) in [6, 6.07) is 6.11. The minimum atomic E-state index is -0.347. The normalized spacial score (nSPS) is 23.4. The van der Waals surface area contributed by atoms with Crippen LogP contribution < -0.4 is 5.46 Å². The molecule has 3 nitrogen and oxygen atoms in total. The summed E-state index contributed by atoms with van der Waals surface area (Å²) in [5.74, 6) is 0. The molecule has 2 aliphatic heterocycles. The molecule has 0 atom stereocenters. The maximum Gasteiger partial charge on any atom is 0.494 e. The Morgan fingerprint density at radius 1 is 1.16 bits per heavy atom. The first-order valence-electron chi connectivity index (χ1n) is 6.49. The summed E-state index contributed by atoms with van der Waals surface area (Å²) in [4.78, 5) is 4.23. The van der Waals surface area contributed by atoms with E-state index in [1.54, 1.807) is 0 Å². The van der Waals surface area contributed by atoms with E-state index >= 15 is 0 Å². The predicted molar refractivity (Wildman–Crippen MR) is 78.3 cm³/mol. The van der Waals surface area contributed by atoms with E-state index < -0.39 is 0 Å². The van der Waals surface area contributed by atoms with Crippen molar-refractivity contribution in [2.75, 3.05) is 0 Å². The highest BCUT2D eigenvalue weighted by molar-refractivity contribution is 6.70. The van der Waals surface area contributed by atoms with Gasteiger partial charge in [0.1, 0.15) is 5.17 Å². The molecule has 0 spiro atoms. The topological polar surface area (TPSA) is 30.8 Å². The lowest BCUT2D eigenvalue weighted by atomic mass is 9.78. The van der Waals surface area contributed by atoms with E-state index in [0.29, 0.717) is 11.7 Å². The lowest BCUT2D eigenvalue weighted by molar-refractivity contribution is 0.00578. The van der Waals surface area contributed by atoms with Crippen molar-refractivity contribution in [1.29, 1.82) is 0 Å². The number of hydrogen-bond donors (Lipinski definition) is 0. The molecule has 19 heavy (non-hydrogen) atoms. The van der Waals surface area contributed by atoms with Gasteiger partial charge in [-0.25, -0.2) is 0 Å². The Balaban J connectivity index is 1.93. The van der Waals surface area contributed by atoms with Crippen LogP contribution >= 0.6 is 11.6 Å². The van der Waals surface area contributed by atoms with Crippen LogP contribution in [-0.4, -0.2) is 23.5 Å². The molecule has 0 bridgehead atoms. The van der Waals surface area contributed by atoms with Crippen LogP contribution in [-0.2, 0) is 15.9 Å². The zero-order valence-corrected chi connectivity index (χ0v) is 12.4. The molecule has 0 amide bonds. The van der Waals surface area contributed by atoms with Gasteiger partial charge in [0.25, 0.3) is 0 Å². The summed E-state index contributed by atoms with van der Waals surface area (Å²) in [5.41, 5.74) is 2.50. The molecular formula is C14H17BClNO2. The predicted octanol–water partition coefficient (Wildman–Crippen LogP) is 2.48. The van der Waals surface area contributed by atoms with Crippen molar-refractivity contribution >= 4 is 29.4 Å². The summed E-state index contributed by atoms with van der Waals surface area (Å²) in [5, 5.41) is 0.577. The third-order valence-corrected chi connectivity index (χ3v) is 4.59. The molecular weight excluding hydrogens is 260 g/mol. The van der Waals surface area contributed by atoms with Crippen LogP contribution in [0.4, 0.5) is 0 Å². The molecule has 0 radical (unpaired) electrons. The molecule has 3 rings (SSSR count). The van der Waals surface area contributed by atoms with Crippen LogP contribution in [0, 0.1) is 0 Å². The van der Waals surface area contributed by atoms with Gasteiger partial charge in [0.05, 0.1) is 17.7 Å². The molecule has 5 heteroatoms. The molecule has 100 valence electrons. The van der Waals surface area contributed by atoms with Crippen LogP contribution in [0.15, 0.2) is 23.2 Å². The SMILES string of the molecule is CC1(C)OB(c2ccc3c(c2)C(Cl)=NC3)OC1(C)C. The molecule has 1 aromatic rings. The standard InChI is InChI=1S/C14H17BClNO2/c1-13(2)14(3,4)19-15(18-13)10-6-5-9-8-17-12(16)11(9)7-10/h5-7H,8H2,1-4H3. The Kier molecular flexibility index (Phi) is 2.82. The van der Waals surface area contributed by atoms with Crippen molar-refractivity contribution in [1.82, 2.24) is 0 Å². The van der Waals surface area contributed by atoms with Gasteiger partial charge in [-0.15, -0.1) is 0 Å². The van der Waals surface area contributed by atoms with Gasteiger partial charge in [0, 0.05) is 5.56 Å². The second-order valence-electron chi connectivity index (χ2n) is 6.11. The van der Waals surface area contributed by atoms with E-state index in [1.165, 1.54) is 0 Å². The molecule has 0 aromatic heterocycles. The summed E-state index contributed by atoms with van der Waals surface area (Å²) in [6.45, 7) is 8.87. The monoisotopic (exact) mass is 277 g/mol. The molecule has 0 aliphatic carbocycles. The fraction of sp³-hybridized carbons (Fsp3) is 0.500. The van der Waals surface area contributed by atoms with Gasteiger partial charge in [-0.3, -0.25) is 4.99 Å². The van der Waals surface area contributed by atoms with Crippen LogP contribution in [0.1, 0.15) is 38.8 Å². The summed E-state index contributed by atoms with van der Waals surface area (Å²) in [6.07, 6.45) is 0. The molecule has 2 heterocycles. The first-order valence-corrected chi connectivity index (χ1v) is 6.87. The Labute approximate surface area is 119 Å². The zero-order chi connectivity index (χ0) is 13.8. The summed E-state index contributed by atoms with van der Waals surface area (Å²) in [7, 11) is -0.347. The first kappa shape index (κ1) is 13.2. The van der Waals surface area contributed by atoms with Crippen molar-refractivity contribution in [3.8, 4) is 0 Å². The number of rotatable bonds is 1. The largest absolute Gasteiger partial charge is 0.494 e. The van der Waals surface area contributed by atoms with E-state index in [0.717, 1.165) is 16.6 Å². The van der Waals surface area contributed by atoms with Crippen molar-refractivity contribution < 1.29 is 9.31 Å². The van der Waals surface area contributed by atoms with Gasteiger partial charge in [0.15, 0.2) is 0 Å². The van der Waals surface area contributed by atoms with Crippen LogP contribution in [0.2, 0.25) is 0 Å². The Bertz CT molecular complexity index is 553. The Hall–Kier alpha value is -0.835. The van der Waals surface area contributed by atoms with Gasteiger partial charge in [-0.1, -0.05) is 29.8 Å². The Morgan fingerprint density at radius 2 is 1.79 bits per heavy atom. The van der Waals surface area contributed by atoms with Gasteiger partial charge in [0.2, 0.25) is 0 Å². The van der Waals surface area contributed by atoms with E-state index in [9.17, 15) is 0 Å². The molecule has 2 aliphatic rings. The third-order valence-electron chi connectivity index (χ3n) is 4.27. The van der Waals surface area contributed by atoms with Crippen LogP contribution in [0.25, 0.3) is 0 Å². The maximum absolute atomic E-state index is 6.10. The smallest absolute Gasteiger partial charge is 0.399 e. The van der Waals surface area contributed by atoms with Crippen LogP contribution in [0.3, 0.4) is 0 Å². The molecule has 1 saturated heterocycles. The average Bonchev–Trinajstić information content (AvgIpc) is 2.78. The lowest BCUT2D eigenvalue weighted by Crippen LogP contribution is -2.41. The van der Waals surface area contributed by atoms with E-state index in [1.807, 2.05) is 12.1 Å². The molecule has 0 N–H and O–H groups in total. The Morgan fingerprint density at radius 3 is 2.42 bits per heavy atom. The minimum absolute atomic E-state index is 0.325. The first-order chi connectivity index (χ1) is 8.80. The average molecular weight is 278 g/mol. The quantitative estimate of drug-likeness (QED) is 0.739. The minimum Gasteiger partial charge on any atom is -0.399 e. The lowest BCUT2D eigenvalue weighted by Gasteiger charge is -2.32. The van der Waals surface area contributed by atoms with Crippen molar-refractivity contribution in [2.24, 2.45) is 4.99 Å². The number of nitrogens with zero attached hydrogens (tertiary/aromatic N) is 1. The summed E-state index contributed by atoms with van der Waals surface area (Å²) >= 11 is 6.10. The van der Waals surface area contributed by atoms with Gasteiger partial charge >= 0.3 is 7.12 Å². The van der Waals surface area contributed by atoms with Crippen LogP contribution in [0.5, 0.6) is 0 Å². The highest BCUT2D eigenvalue weighted by atomic mass is 35.5. The van der Waals surface area contributed by atoms with Crippen molar-refractivity contribution in [2.45, 2.75) is 45.4 Å². The molecule has 0 unspecified atom stereocenters. The van der Waals surface area contributed by atoms with E-state index in [-0.39, 0.29) is 18.3 Å². The molecule has 0 saturated carbocycles. The van der Waals surface area contributed by atoms with Crippen molar-refractivity contribution in [3.05, 3.63) is 29.3 Å². The summed E-state index contributed by atoms with van der Waals surface area (Å²) < 4.78 is 12.1. The third kappa shape index (κ3) is 2.02. The van der Waals surface area contributed by atoms with Crippen molar-refractivity contribution in [3.63, 3.8) is 0 Å². The number of halogens is 1. The number of hydrogen-bond acceptors (Lipinski definition) is 3. The van der Waals surface area contributed by atoms with Gasteiger partial charge in [-0.2, -0.15) is 0 Å². The highest BCUT2D eigenvalue weighted by Crippen LogP contribution is 2.36. The fourth-order valence-electron chi connectivity index (χ4n) is 2.29. The number of aliphatic imine (C=N–C) groups is 1. The van der Waals surface area contributed by atoms with E-state index in [2.05, 4.69) is 38.8 Å². The zero-order valence-electron chi connectivity index (χ0n) is 11.7. The maximum atomic E-state index is 6.10. The fourth-order valence-corrected chi connectivity index (χ4v) is 2.53. The number of fused-ring (bicyclic) bond motifs is 1. The number of benzene rings is 1. The molecule has 1 fully saturated rings. The van der Waals surface area contributed by atoms with Gasteiger partial charge < -0.3 is 9.31 Å². The second kappa shape index (κ2) is 4.08. The second-order valence-corrected chi connectivity index (χ2v) is 6.47. The van der Waals surface area contributed by atoms with Gasteiger partial charge in [-0.05, 0) is 38.7 Å².